The van der Waals surface area contributed by atoms with Gasteiger partial charge in [0.25, 0.3) is 0 Å². The molecule has 5 N–H and O–H groups in total. The minimum atomic E-state index is -4.38. The molecule has 0 bridgehead atoms. The van der Waals surface area contributed by atoms with Gasteiger partial charge in [-0.1, -0.05) is 12.1 Å². The Kier molecular flexibility index (Phi) is 6.73. The van der Waals surface area contributed by atoms with Gasteiger partial charge in [-0.05, 0) is 24.6 Å². The van der Waals surface area contributed by atoms with Crippen LogP contribution < -0.4 is 5.32 Å². The van der Waals surface area contributed by atoms with Gasteiger partial charge in [0.2, 0.25) is 0 Å². The number of hydrogen-bond acceptors (Lipinski definition) is 9. The number of aliphatic hydroxyl groups excluding tert-OH is 2. The van der Waals surface area contributed by atoms with Crippen LogP contribution in [0.1, 0.15) is 24.8 Å². The molecule has 5 atom stereocenters. The van der Waals surface area contributed by atoms with Crippen molar-refractivity contribution in [2.45, 2.75) is 37.5 Å². The van der Waals surface area contributed by atoms with Crippen molar-refractivity contribution >= 4 is 24.6 Å². The van der Waals surface area contributed by atoms with Gasteiger partial charge < -0.3 is 34.8 Å². The molecule has 1 aliphatic heterocycles. The van der Waals surface area contributed by atoms with E-state index >= 15 is 0 Å². The van der Waals surface area contributed by atoms with E-state index in [1.165, 1.54) is 29.4 Å². The van der Waals surface area contributed by atoms with Crippen LogP contribution >= 0.6 is 7.60 Å². The number of halogens is 1. The molecule has 0 radical (unpaired) electrons. The monoisotopic (exact) mass is 483 g/mol. The van der Waals surface area contributed by atoms with Crippen LogP contribution in [0.3, 0.4) is 0 Å². The molecule has 1 aliphatic rings. The molecule has 178 valence electrons. The maximum Gasteiger partial charge on any atom is 0.350 e. The number of anilines is 1. The molecule has 1 saturated heterocycles. The molecule has 0 amide bonds. The van der Waals surface area contributed by atoms with Gasteiger partial charge in [-0.25, -0.2) is 19.3 Å². The molecule has 12 nitrogen and oxygen atoms in total. The van der Waals surface area contributed by atoms with Crippen LogP contribution in [0.4, 0.5) is 10.2 Å². The average Bonchev–Trinajstić information content (AvgIpc) is 3.30. The van der Waals surface area contributed by atoms with Gasteiger partial charge in [-0.15, -0.1) is 0 Å². The summed E-state index contributed by atoms with van der Waals surface area (Å²) in [6.07, 6.45) is -2.95. The van der Waals surface area contributed by atoms with E-state index in [0.717, 1.165) is 5.56 Å². The van der Waals surface area contributed by atoms with Crippen LogP contribution in [-0.2, 0) is 14.0 Å². The van der Waals surface area contributed by atoms with Crippen molar-refractivity contribution in [2.75, 3.05) is 18.3 Å². The van der Waals surface area contributed by atoms with E-state index in [1.54, 1.807) is 12.1 Å². The largest absolute Gasteiger partial charge is 0.387 e. The predicted octanol–water partition coefficient (Wildman–Crippen LogP) is 0.909. The fraction of sp³-hybridized carbons (Fsp3) is 0.421. The number of imidazole rings is 1. The van der Waals surface area contributed by atoms with Gasteiger partial charge in [0.1, 0.15) is 36.8 Å². The number of fused-ring (bicyclic) bond motifs is 1. The molecule has 1 aromatic carbocycles. The Morgan fingerprint density at radius 2 is 1.94 bits per heavy atom. The minimum absolute atomic E-state index is 0.223. The lowest BCUT2D eigenvalue weighted by atomic mass is 10.1. The average molecular weight is 483 g/mol. The Morgan fingerprint density at radius 3 is 2.64 bits per heavy atom. The SMILES string of the molecule is CC(Nc1ncnc2c1ncn2[C@@H]1O[C@H](COCP(=O)(O)O)[C@@H](O)[C@H]1O)c1ccc(F)cc1. The lowest BCUT2D eigenvalue weighted by Gasteiger charge is -2.17. The summed E-state index contributed by atoms with van der Waals surface area (Å²) in [6, 6.07) is 5.81. The van der Waals surface area contributed by atoms with E-state index in [9.17, 15) is 19.2 Å². The molecule has 1 unspecified atom stereocenters. The van der Waals surface area contributed by atoms with E-state index in [0.29, 0.717) is 17.0 Å². The maximum absolute atomic E-state index is 13.2. The van der Waals surface area contributed by atoms with Crippen molar-refractivity contribution in [2.24, 2.45) is 0 Å². The van der Waals surface area contributed by atoms with Crippen molar-refractivity contribution in [3.05, 3.63) is 48.3 Å². The van der Waals surface area contributed by atoms with Gasteiger partial charge in [-0.2, -0.15) is 0 Å². The zero-order valence-corrected chi connectivity index (χ0v) is 18.3. The third-order valence-electron chi connectivity index (χ3n) is 5.23. The van der Waals surface area contributed by atoms with E-state index in [1.807, 2.05) is 6.92 Å². The Balaban J connectivity index is 1.52. The third kappa shape index (κ3) is 5.20. The second-order valence-corrected chi connectivity index (χ2v) is 9.26. The summed E-state index contributed by atoms with van der Waals surface area (Å²) < 4.78 is 36.2. The van der Waals surface area contributed by atoms with E-state index in [4.69, 9.17) is 19.3 Å². The molecule has 4 rings (SSSR count). The summed E-state index contributed by atoms with van der Waals surface area (Å²) in [5, 5.41) is 24.0. The molecule has 3 heterocycles. The third-order valence-corrected chi connectivity index (χ3v) is 5.75. The standard InChI is InChI=1S/C19H23FN5O7P/c1-10(11-2-4-12(20)5-3-11)24-17-14-18(22-7-21-17)25(8-23-14)19-16(27)15(26)13(32-19)6-31-9-33(28,29)30/h2-5,7-8,10,13,15-16,19,26-27H,6,9H2,1H3,(H,21,22,24)(H2,28,29,30)/t10?,13-,15-,16-,19-/m1/s1. The van der Waals surface area contributed by atoms with Gasteiger partial charge in [0, 0.05) is 0 Å². The van der Waals surface area contributed by atoms with E-state index < -0.39 is 38.5 Å². The predicted molar refractivity (Wildman–Crippen MR) is 113 cm³/mol. The fourth-order valence-electron chi connectivity index (χ4n) is 3.57. The minimum Gasteiger partial charge on any atom is -0.387 e. The van der Waals surface area contributed by atoms with Crippen LogP contribution in [0, 0.1) is 5.82 Å². The van der Waals surface area contributed by atoms with Crippen molar-refractivity contribution in [1.82, 2.24) is 19.5 Å². The lowest BCUT2D eigenvalue weighted by molar-refractivity contribution is -0.0612. The molecule has 0 spiro atoms. The number of aromatic nitrogens is 4. The number of nitrogens with zero attached hydrogens (tertiary/aromatic N) is 4. The van der Waals surface area contributed by atoms with Gasteiger partial charge in [0.05, 0.1) is 19.0 Å². The van der Waals surface area contributed by atoms with E-state index in [-0.39, 0.29) is 18.5 Å². The first kappa shape index (κ1) is 23.6. The number of aliphatic hydroxyl groups is 2. The number of rotatable bonds is 8. The highest BCUT2D eigenvalue weighted by atomic mass is 31.2. The summed E-state index contributed by atoms with van der Waals surface area (Å²) >= 11 is 0. The van der Waals surface area contributed by atoms with Crippen molar-refractivity contribution in [1.29, 1.82) is 0 Å². The smallest absolute Gasteiger partial charge is 0.350 e. The molecule has 33 heavy (non-hydrogen) atoms. The normalized spacial score (nSPS) is 24.3. The van der Waals surface area contributed by atoms with Crippen LogP contribution in [-0.4, -0.2) is 70.8 Å². The molecular weight excluding hydrogens is 460 g/mol. The Bertz CT molecular complexity index is 1160. The molecule has 0 aliphatic carbocycles. The molecular formula is C19H23FN5O7P. The summed E-state index contributed by atoms with van der Waals surface area (Å²) in [5.74, 6) is 0.0713. The second-order valence-electron chi connectivity index (χ2n) is 7.67. The Morgan fingerprint density at radius 1 is 1.21 bits per heavy atom. The Hall–Kier alpha value is -2.51. The maximum atomic E-state index is 13.2. The molecule has 14 heteroatoms. The molecule has 1 fully saturated rings. The number of nitrogens with one attached hydrogen (secondary N) is 1. The highest BCUT2D eigenvalue weighted by Crippen LogP contribution is 2.36. The highest BCUT2D eigenvalue weighted by molar-refractivity contribution is 7.51. The van der Waals surface area contributed by atoms with Crippen LogP contribution in [0.5, 0.6) is 0 Å². The van der Waals surface area contributed by atoms with Crippen LogP contribution in [0.15, 0.2) is 36.9 Å². The zero-order valence-electron chi connectivity index (χ0n) is 17.4. The number of hydrogen-bond donors (Lipinski definition) is 5. The zero-order chi connectivity index (χ0) is 23.8. The van der Waals surface area contributed by atoms with Crippen molar-refractivity contribution in [3.8, 4) is 0 Å². The summed E-state index contributed by atoms with van der Waals surface area (Å²) in [6.45, 7) is 1.55. The Labute approximate surface area is 187 Å². The van der Waals surface area contributed by atoms with E-state index in [2.05, 4.69) is 20.3 Å². The van der Waals surface area contributed by atoms with Crippen LogP contribution in [0.25, 0.3) is 11.2 Å². The number of ether oxygens (including phenoxy) is 2. The summed E-state index contributed by atoms with van der Waals surface area (Å²) in [4.78, 5) is 30.5. The second kappa shape index (κ2) is 9.39. The topological polar surface area (TPSA) is 172 Å². The van der Waals surface area contributed by atoms with Crippen molar-refractivity contribution < 1.29 is 38.4 Å². The first-order chi connectivity index (χ1) is 15.6. The first-order valence-electron chi connectivity index (χ1n) is 9.97. The quantitative estimate of drug-likeness (QED) is 0.288. The van der Waals surface area contributed by atoms with Gasteiger partial charge >= 0.3 is 7.60 Å². The van der Waals surface area contributed by atoms with Gasteiger partial charge in [-0.3, -0.25) is 9.13 Å². The lowest BCUT2D eigenvalue weighted by Crippen LogP contribution is -2.33. The summed E-state index contributed by atoms with van der Waals surface area (Å²) in [5.41, 5.74) is 1.54. The summed E-state index contributed by atoms with van der Waals surface area (Å²) in [7, 11) is -4.38. The molecule has 2 aromatic heterocycles. The number of benzene rings is 1. The molecule has 3 aromatic rings. The van der Waals surface area contributed by atoms with Gasteiger partial charge in [0.15, 0.2) is 23.2 Å². The first-order valence-corrected chi connectivity index (χ1v) is 11.8. The van der Waals surface area contributed by atoms with Crippen molar-refractivity contribution in [3.63, 3.8) is 0 Å². The van der Waals surface area contributed by atoms with Crippen LogP contribution in [0.2, 0.25) is 0 Å². The molecule has 0 saturated carbocycles. The fourth-order valence-corrected chi connectivity index (χ4v) is 3.91. The highest BCUT2D eigenvalue weighted by Gasteiger charge is 2.44.